The van der Waals surface area contributed by atoms with E-state index >= 15 is 0 Å². The quantitative estimate of drug-likeness (QED) is 0.0146. The van der Waals surface area contributed by atoms with E-state index in [0.717, 1.165) is 128 Å². The second-order valence-electron chi connectivity index (χ2n) is 32.1. The number of aliphatic hydroxyl groups excluding tert-OH is 2. The zero-order valence-electron chi connectivity index (χ0n) is 74.9. The molecule has 0 aliphatic heterocycles. The van der Waals surface area contributed by atoms with Gasteiger partial charge in [0.1, 0.15) is 25.4 Å². The topological polar surface area (TPSA) is 231 Å². The van der Waals surface area contributed by atoms with Crippen molar-refractivity contribution in [1.29, 1.82) is 0 Å². The molecule has 0 radical (unpaired) electrons. The molecular formula is C99H176O16P2. The zero-order chi connectivity index (χ0) is 85.1. The van der Waals surface area contributed by atoms with Crippen LogP contribution in [0.25, 0.3) is 0 Å². The largest absolute Gasteiger partial charge is 0.472 e. The fourth-order valence-corrected chi connectivity index (χ4v) is 15.0. The Bertz CT molecular complexity index is 2610. The summed E-state index contributed by atoms with van der Waals surface area (Å²) in [6, 6.07) is 0. The lowest BCUT2D eigenvalue weighted by molar-refractivity contribution is -0.161. The normalized spacial score (nSPS) is 14.3. The van der Waals surface area contributed by atoms with Crippen LogP contribution in [0, 0.1) is 0 Å². The van der Waals surface area contributed by atoms with Gasteiger partial charge in [0.05, 0.1) is 26.4 Å². The summed E-state index contributed by atoms with van der Waals surface area (Å²) in [4.78, 5) is 58.9. The number of allylic oxidation sites excluding steroid dienone is 20. The van der Waals surface area contributed by atoms with Crippen LogP contribution in [0.5, 0.6) is 0 Å². The van der Waals surface area contributed by atoms with Crippen molar-refractivity contribution in [3.63, 3.8) is 0 Å². The van der Waals surface area contributed by atoms with Gasteiger partial charge in [-0.25, -0.2) is 9.13 Å². The van der Waals surface area contributed by atoms with E-state index in [0.29, 0.717) is 19.3 Å². The van der Waals surface area contributed by atoms with E-state index in [9.17, 15) is 43.5 Å². The maximum Gasteiger partial charge on any atom is 0.472 e. The minimum absolute atomic E-state index is 0.0964. The number of hydrogen-bond donors (Lipinski definition) is 4. The molecule has 0 aromatic carbocycles. The maximum absolute atomic E-state index is 13.0. The van der Waals surface area contributed by atoms with E-state index < -0.39 is 91.5 Å². The van der Waals surface area contributed by atoms with Crippen molar-refractivity contribution in [2.45, 2.75) is 450 Å². The second-order valence-corrected chi connectivity index (χ2v) is 35.0. The molecule has 16 nitrogen and oxygen atoms in total. The molecule has 0 aromatic heterocycles. The van der Waals surface area contributed by atoms with Gasteiger partial charge in [0.25, 0.3) is 0 Å². The first-order chi connectivity index (χ1) is 57.2. The van der Waals surface area contributed by atoms with Gasteiger partial charge in [-0.3, -0.25) is 32.5 Å². The zero-order valence-corrected chi connectivity index (χ0v) is 76.6. The van der Waals surface area contributed by atoms with Gasteiger partial charge in [-0.2, -0.15) is 0 Å². The van der Waals surface area contributed by atoms with Crippen molar-refractivity contribution in [1.82, 2.24) is 0 Å². The summed E-state index contributed by atoms with van der Waals surface area (Å²) < 4.78 is 61.5. The highest BCUT2D eigenvalue weighted by Gasteiger charge is 2.30. The fourth-order valence-electron chi connectivity index (χ4n) is 13.4. The Balaban J connectivity index is 4.40. The summed E-state index contributed by atoms with van der Waals surface area (Å²) in [5.41, 5.74) is 0. The van der Waals surface area contributed by atoms with Crippen LogP contribution < -0.4 is 0 Å². The van der Waals surface area contributed by atoms with Crippen LogP contribution >= 0.6 is 15.6 Å². The number of phosphoric ester groups is 2. The Kier molecular flexibility index (Phi) is 88.0. The first kappa shape index (κ1) is 113. The summed E-state index contributed by atoms with van der Waals surface area (Å²) in [7, 11) is -9.80. The predicted molar refractivity (Wildman–Crippen MR) is 491 cm³/mol. The standard InChI is InChI=1S/C99H176O16P2/c1-4-7-10-13-16-19-22-25-28-30-32-34-36-38-40-42-44-45-46-47-49-51-52-54-56-58-60-62-65-67-70-73-76-79-82-85-97(102)109-88-94(100)89-111-116(105,106)112-90-95(101)91-113-117(107,108)114-93-96(115-99(104)87-84-81-78-75-72-69-64-27-24-21-18-15-12-9-6-3)92-110-98(103)86-83-80-77-74-71-68-66-63-61-59-57-55-53-50-48-43-41-39-37-35-33-31-29-26-23-20-17-14-11-8-5-2/h8,11,16-17,19-20,25-29,32-35,38-41,64,94-96,100-101H,4-7,9-10,12-15,18,21-24,30-31,36-37,42-63,65-93H2,1-3H3,(H,105,106)(H,107,108)/b11-8-,19-16-,20-17-,28-25-,29-26-,34-32-,35-33-,40-38-,41-39-,64-27-. The van der Waals surface area contributed by atoms with Crippen molar-refractivity contribution in [3.8, 4) is 0 Å². The molecule has 117 heavy (non-hydrogen) atoms. The first-order valence-corrected chi connectivity index (χ1v) is 50.8. The molecule has 0 amide bonds. The molecule has 5 unspecified atom stereocenters. The molecule has 0 saturated carbocycles. The predicted octanol–water partition coefficient (Wildman–Crippen LogP) is 29.6. The summed E-state index contributed by atoms with van der Waals surface area (Å²) >= 11 is 0. The lowest BCUT2D eigenvalue weighted by atomic mass is 10.0. The van der Waals surface area contributed by atoms with Crippen molar-refractivity contribution in [3.05, 3.63) is 122 Å². The van der Waals surface area contributed by atoms with E-state index in [1.54, 1.807) is 0 Å². The number of esters is 3. The monoisotopic (exact) mass is 1680 g/mol. The molecule has 678 valence electrons. The second kappa shape index (κ2) is 91.2. The Morgan fingerprint density at radius 3 is 0.744 bits per heavy atom. The molecule has 0 bridgehead atoms. The molecule has 0 fully saturated rings. The van der Waals surface area contributed by atoms with Gasteiger partial charge in [0.2, 0.25) is 0 Å². The van der Waals surface area contributed by atoms with Crippen LogP contribution in [0.15, 0.2) is 122 Å². The number of aliphatic hydroxyl groups is 2. The van der Waals surface area contributed by atoms with Gasteiger partial charge in [0, 0.05) is 19.3 Å². The summed E-state index contributed by atoms with van der Waals surface area (Å²) in [6.45, 7) is 2.60. The molecule has 0 spiro atoms. The molecule has 0 aliphatic rings. The Morgan fingerprint density at radius 2 is 0.453 bits per heavy atom. The first-order valence-electron chi connectivity index (χ1n) is 47.8. The number of unbranched alkanes of at least 4 members (excludes halogenated alkanes) is 48. The molecule has 18 heteroatoms. The van der Waals surface area contributed by atoms with Crippen molar-refractivity contribution >= 4 is 33.6 Å². The smallest absolute Gasteiger partial charge is 0.463 e. The van der Waals surface area contributed by atoms with Gasteiger partial charge >= 0.3 is 33.6 Å². The van der Waals surface area contributed by atoms with Crippen LogP contribution in [0.3, 0.4) is 0 Å². The van der Waals surface area contributed by atoms with E-state index in [-0.39, 0.29) is 19.3 Å². The van der Waals surface area contributed by atoms with Gasteiger partial charge in [0.15, 0.2) is 6.10 Å². The molecule has 5 atom stereocenters. The summed E-state index contributed by atoms with van der Waals surface area (Å²) in [5, 5.41) is 20.7. The number of rotatable bonds is 91. The molecule has 0 heterocycles. The Labute approximate surface area is 716 Å². The molecular weight excluding hydrogens is 1510 g/mol. The van der Waals surface area contributed by atoms with Gasteiger partial charge in [-0.1, -0.05) is 399 Å². The highest BCUT2D eigenvalue weighted by Crippen LogP contribution is 2.45. The van der Waals surface area contributed by atoms with Crippen LogP contribution in [0.2, 0.25) is 0 Å². The lowest BCUT2D eigenvalue weighted by Gasteiger charge is -2.21. The average Bonchev–Trinajstić information content (AvgIpc) is 0.865. The van der Waals surface area contributed by atoms with Crippen molar-refractivity contribution < 1.29 is 75.8 Å². The van der Waals surface area contributed by atoms with Crippen LogP contribution in [0.4, 0.5) is 0 Å². The third kappa shape index (κ3) is 92.5. The number of carbonyl (C=O) groups excluding carboxylic acids is 3. The third-order valence-corrected chi connectivity index (χ3v) is 22.5. The molecule has 0 aliphatic carbocycles. The van der Waals surface area contributed by atoms with Crippen LogP contribution in [-0.4, -0.2) is 95.9 Å². The Hall–Kier alpha value is -4.05. The lowest BCUT2D eigenvalue weighted by Crippen LogP contribution is -2.30. The SMILES string of the molecule is CC/C=C\C/C=C\C/C=C\C/C=C\C/C=C\CCCCCCCCCCCCCCCCCC(=O)OCC(COP(=O)(O)OCC(O)COP(=O)(O)OCC(O)COC(=O)CCCCCCCCCCCCCCCCCCCCC/C=C\C/C=C\C/C=C\C/C=C\CCCCC)OC(=O)CCCCCCC/C=C\CCCCCCCC. The highest BCUT2D eigenvalue weighted by atomic mass is 31.2. The minimum atomic E-state index is -4.94. The molecule has 0 aromatic rings. The van der Waals surface area contributed by atoms with Crippen LogP contribution in [0.1, 0.15) is 432 Å². The molecule has 0 rings (SSSR count). The maximum atomic E-state index is 13.0. The number of phosphoric acid groups is 2. The fraction of sp³-hybridized carbons (Fsp3) is 0.768. The number of hydrogen-bond acceptors (Lipinski definition) is 14. The number of ether oxygens (including phenoxy) is 3. The van der Waals surface area contributed by atoms with Gasteiger partial charge in [-0.05, 0) is 135 Å². The van der Waals surface area contributed by atoms with E-state index in [1.807, 2.05) is 0 Å². The van der Waals surface area contributed by atoms with Gasteiger partial charge in [-0.15, -0.1) is 0 Å². The van der Waals surface area contributed by atoms with E-state index in [1.165, 1.54) is 244 Å². The minimum Gasteiger partial charge on any atom is -0.463 e. The third-order valence-electron chi connectivity index (χ3n) is 20.6. The van der Waals surface area contributed by atoms with Gasteiger partial charge < -0.3 is 34.2 Å². The number of carbonyl (C=O) groups is 3. The van der Waals surface area contributed by atoms with Crippen molar-refractivity contribution in [2.24, 2.45) is 0 Å². The van der Waals surface area contributed by atoms with E-state index in [4.69, 9.17) is 32.3 Å². The van der Waals surface area contributed by atoms with E-state index in [2.05, 4.69) is 142 Å². The highest BCUT2D eigenvalue weighted by molar-refractivity contribution is 7.47. The summed E-state index contributed by atoms with van der Waals surface area (Å²) in [5.74, 6) is -1.56. The summed E-state index contributed by atoms with van der Waals surface area (Å²) in [6.07, 6.45) is 113. The average molecular weight is 1680 g/mol. The Morgan fingerprint density at radius 1 is 0.248 bits per heavy atom. The molecule has 4 N–H and O–H groups in total. The van der Waals surface area contributed by atoms with Crippen LogP contribution in [-0.2, 0) is 55.8 Å². The molecule has 0 saturated heterocycles. The van der Waals surface area contributed by atoms with Crippen molar-refractivity contribution in [2.75, 3.05) is 39.6 Å².